The zero-order chi connectivity index (χ0) is 14.9. The monoisotopic (exact) mass is 310 g/mol. The fourth-order valence-corrected chi connectivity index (χ4v) is 2.43. The number of carbonyl (C=O) groups is 2. The zero-order valence-electron chi connectivity index (χ0n) is 9.93. The van der Waals surface area contributed by atoms with Crippen molar-refractivity contribution < 1.29 is 19.8 Å². The molecule has 0 aliphatic carbocycles. The van der Waals surface area contributed by atoms with E-state index < -0.39 is 11.9 Å². The van der Waals surface area contributed by atoms with E-state index in [-0.39, 0.29) is 21.2 Å². The Kier molecular flexibility index (Phi) is 3.97. The van der Waals surface area contributed by atoms with Crippen LogP contribution in [0.5, 0.6) is 0 Å². The SMILES string of the molecule is O=C(O)c1cccc(-c2cccc(C(=O)O)c2Cl)c1Cl. The molecule has 0 aliphatic heterocycles. The standard InChI is InChI=1S/C14H8Cl2O4/c15-11-7(3-1-5-9(11)13(17)18)8-4-2-6-10(12(8)16)14(19)20/h1-6H,(H,17,18)(H,19,20). The number of hydrogen-bond donors (Lipinski definition) is 2. The number of carboxylic acid groups (broad SMARTS) is 2. The number of carboxylic acids is 2. The molecule has 0 aliphatic rings. The van der Waals surface area contributed by atoms with E-state index in [0.29, 0.717) is 11.1 Å². The second-order valence-corrected chi connectivity index (χ2v) is 4.70. The third kappa shape index (κ3) is 2.48. The molecule has 6 heteroatoms. The van der Waals surface area contributed by atoms with E-state index >= 15 is 0 Å². The average Bonchev–Trinajstić information content (AvgIpc) is 2.39. The lowest BCUT2D eigenvalue weighted by Crippen LogP contribution is -2.00. The second-order valence-electron chi connectivity index (χ2n) is 3.94. The molecule has 2 N–H and O–H groups in total. The zero-order valence-corrected chi connectivity index (χ0v) is 11.4. The molecule has 2 aromatic carbocycles. The van der Waals surface area contributed by atoms with Crippen molar-refractivity contribution in [3.8, 4) is 11.1 Å². The Balaban J connectivity index is 2.70. The van der Waals surface area contributed by atoms with Gasteiger partial charge in [0.05, 0.1) is 21.2 Å². The van der Waals surface area contributed by atoms with Crippen molar-refractivity contribution in [3.63, 3.8) is 0 Å². The van der Waals surface area contributed by atoms with Crippen LogP contribution in [0.1, 0.15) is 20.7 Å². The Morgan fingerprint density at radius 3 is 1.40 bits per heavy atom. The summed E-state index contributed by atoms with van der Waals surface area (Å²) in [6, 6.07) is 8.94. The maximum Gasteiger partial charge on any atom is 0.337 e. The van der Waals surface area contributed by atoms with Crippen LogP contribution < -0.4 is 0 Å². The van der Waals surface area contributed by atoms with Crippen LogP contribution in [-0.4, -0.2) is 22.2 Å². The van der Waals surface area contributed by atoms with E-state index in [9.17, 15) is 9.59 Å². The van der Waals surface area contributed by atoms with Crippen LogP contribution in [-0.2, 0) is 0 Å². The van der Waals surface area contributed by atoms with Crippen molar-refractivity contribution in [2.45, 2.75) is 0 Å². The van der Waals surface area contributed by atoms with Crippen LogP contribution in [0.15, 0.2) is 36.4 Å². The van der Waals surface area contributed by atoms with Gasteiger partial charge in [0, 0.05) is 11.1 Å². The van der Waals surface area contributed by atoms with Crippen molar-refractivity contribution in [3.05, 3.63) is 57.6 Å². The molecule has 102 valence electrons. The van der Waals surface area contributed by atoms with Gasteiger partial charge >= 0.3 is 11.9 Å². The first kappa shape index (κ1) is 14.4. The van der Waals surface area contributed by atoms with Gasteiger partial charge in [0.2, 0.25) is 0 Å². The van der Waals surface area contributed by atoms with Crippen molar-refractivity contribution in [1.29, 1.82) is 0 Å². The van der Waals surface area contributed by atoms with Crippen molar-refractivity contribution in [1.82, 2.24) is 0 Å². The maximum atomic E-state index is 11.1. The lowest BCUT2D eigenvalue weighted by atomic mass is 10.0. The first-order valence-corrected chi connectivity index (χ1v) is 6.23. The molecule has 20 heavy (non-hydrogen) atoms. The number of benzene rings is 2. The normalized spacial score (nSPS) is 10.3. The van der Waals surface area contributed by atoms with Crippen LogP contribution in [0.4, 0.5) is 0 Å². The molecule has 0 aromatic heterocycles. The molecule has 0 fully saturated rings. The molecule has 0 spiro atoms. The molecule has 0 unspecified atom stereocenters. The van der Waals surface area contributed by atoms with Crippen LogP contribution in [0.3, 0.4) is 0 Å². The maximum absolute atomic E-state index is 11.1. The number of aromatic carboxylic acids is 2. The summed E-state index contributed by atoms with van der Waals surface area (Å²) in [5.74, 6) is -2.33. The minimum Gasteiger partial charge on any atom is -0.478 e. The molecule has 0 amide bonds. The van der Waals surface area contributed by atoms with Gasteiger partial charge in [-0.15, -0.1) is 0 Å². The fourth-order valence-electron chi connectivity index (χ4n) is 1.81. The van der Waals surface area contributed by atoms with Crippen molar-refractivity contribution >= 4 is 35.1 Å². The summed E-state index contributed by atoms with van der Waals surface area (Å²) in [4.78, 5) is 22.1. The molecular formula is C14H8Cl2O4. The van der Waals surface area contributed by atoms with E-state index in [0.717, 1.165) is 0 Å². The number of rotatable bonds is 3. The highest BCUT2D eigenvalue weighted by molar-refractivity contribution is 6.39. The van der Waals surface area contributed by atoms with E-state index in [2.05, 4.69) is 0 Å². The van der Waals surface area contributed by atoms with Crippen LogP contribution in [0.2, 0.25) is 10.0 Å². The number of halogens is 2. The summed E-state index contributed by atoms with van der Waals surface area (Å²) in [7, 11) is 0. The minimum absolute atomic E-state index is 0.0180. The van der Waals surface area contributed by atoms with Gasteiger partial charge in [-0.1, -0.05) is 47.5 Å². The Morgan fingerprint density at radius 2 is 1.10 bits per heavy atom. The van der Waals surface area contributed by atoms with Crippen LogP contribution >= 0.6 is 23.2 Å². The van der Waals surface area contributed by atoms with Gasteiger partial charge in [-0.2, -0.15) is 0 Å². The first-order valence-electron chi connectivity index (χ1n) is 5.47. The third-order valence-electron chi connectivity index (χ3n) is 2.75. The first-order chi connectivity index (χ1) is 9.43. The predicted molar refractivity (Wildman–Crippen MR) is 75.8 cm³/mol. The minimum atomic E-state index is -1.16. The summed E-state index contributed by atoms with van der Waals surface area (Å²) in [5, 5.41) is 18.1. The third-order valence-corrected chi connectivity index (χ3v) is 3.56. The van der Waals surface area contributed by atoms with Gasteiger partial charge in [-0.05, 0) is 12.1 Å². The summed E-state index contributed by atoms with van der Waals surface area (Å²) < 4.78 is 0. The van der Waals surface area contributed by atoms with Gasteiger partial charge in [0.15, 0.2) is 0 Å². The second kappa shape index (κ2) is 5.53. The summed E-state index contributed by atoms with van der Waals surface area (Å²) in [5.41, 5.74) is 0.612. The smallest absolute Gasteiger partial charge is 0.337 e. The van der Waals surface area contributed by atoms with Gasteiger partial charge in [0.25, 0.3) is 0 Å². The lowest BCUT2D eigenvalue weighted by molar-refractivity contribution is 0.0686. The summed E-state index contributed by atoms with van der Waals surface area (Å²) in [6.07, 6.45) is 0. The summed E-state index contributed by atoms with van der Waals surface area (Å²) >= 11 is 12.1. The van der Waals surface area contributed by atoms with E-state index in [1.54, 1.807) is 12.1 Å². The number of hydrogen-bond acceptors (Lipinski definition) is 2. The lowest BCUT2D eigenvalue weighted by Gasteiger charge is -2.10. The molecule has 0 saturated carbocycles. The molecule has 4 nitrogen and oxygen atoms in total. The van der Waals surface area contributed by atoms with Crippen molar-refractivity contribution in [2.75, 3.05) is 0 Å². The largest absolute Gasteiger partial charge is 0.478 e. The predicted octanol–water partition coefficient (Wildman–Crippen LogP) is 4.06. The Labute approximate surface area is 124 Å². The summed E-state index contributed by atoms with van der Waals surface area (Å²) in [6.45, 7) is 0. The van der Waals surface area contributed by atoms with E-state index in [1.165, 1.54) is 24.3 Å². The van der Waals surface area contributed by atoms with E-state index in [4.69, 9.17) is 33.4 Å². The van der Waals surface area contributed by atoms with Crippen molar-refractivity contribution in [2.24, 2.45) is 0 Å². The molecule has 2 aromatic rings. The average molecular weight is 311 g/mol. The van der Waals surface area contributed by atoms with Crippen LogP contribution in [0, 0.1) is 0 Å². The molecule has 0 bridgehead atoms. The van der Waals surface area contributed by atoms with Gasteiger partial charge < -0.3 is 10.2 Å². The molecule has 0 heterocycles. The molecule has 0 radical (unpaired) electrons. The van der Waals surface area contributed by atoms with Gasteiger partial charge in [-0.3, -0.25) is 0 Å². The Bertz CT molecular complexity index is 649. The highest BCUT2D eigenvalue weighted by Gasteiger charge is 2.18. The molecule has 0 saturated heterocycles. The molecule has 0 atom stereocenters. The van der Waals surface area contributed by atoms with Gasteiger partial charge in [0.1, 0.15) is 0 Å². The highest BCUT2D eigenvalue weighted by atomic mass is 35.5. The fraction of sp³-hybridized carbons (Fsp3) is 0. The highest BCUT2D eigenvalue weighted by Crippen LogP contribution is 2.36. The Hall–Kier alpha value is -2.04. The van der Waals surface area contributed by atoms with Gasteiger partial charge in [-0.25, -0.2) is 9.59 Å². The molecule has 2 rings (SSSR count). The molecular weight excluding hydrogens is 303 g/mol. The topological polar surface area (TPSA) is 74.6 Å². The quantitative estimate of drug-likeness (QED) is 0.896. The van der Waals surface area contributed by atoms with Crippen LogP contribution in [0.25, 0.3) is 11.1 Å². The van der Waals surface area contributed by atoms with E-state index in [1.807, 2.05) is 0 Å². The Morgan fingerprint density at radius 1 is 0.750 bits per heavy atom.